The standard InChI is InChI=1S/C7H19O2Si2.Li/c1-8-10(3,4)7-11(5,6)9-2;/h7H,1-6H3;/q-1;+1. The predicted octanol–water partition coefficient (Wildman–Crippen LogP) is -1.02. The van der Waals surface area contributed by atoms with Crippen molar-refractivity contribution in [1.29, 1.82) is 0 Å². The molecule has 0 rings (SSSR count). The van der Waals surface area contributed by atoms with E-state index in [9.17, 15) is 0 Å². The van der Waals surface area contributed by atoms with Gasteiger partial charge in [0.15, 0.2) is 0 Å². The van der Waals surface area contributed by atoms with Crippen molar-refractivity contribution in [2.24, 2.45) is 0 Å². The van der Waals surface area contributed by atoms with Crippen LogP contribution in [0.2, 0.25) is 26.2 Å². The maximum atomic E-state index is 5.41. The Hall–Kier alpha value is 0.951. The fraction of sp³-hybridized carbons (Fsp3) is 0.857. The molecule has 12 heavy (non-hydrogen) atoms. The van der Waals surface area contributed by atoms with Gasteiger partial charge in [0.25, 0.3) is 0 Å². The molecule has 0 atom stereocenters. The fourth-order valence-electron chi connectivity index (χ4n) is 0.955. The molecule has 0 saturated carbocycles. The molecule has 2 nitrogen and oxygen atoms in total. The van der Waals surface area contributed by atoms with Crippen molar-refractivity contribution in [2.75, 3.05) is 14.2 Å². The molecule has 0 aromatic rings. The van der Waals surface area contributed by atoms with Gasteiger partial charge in [0.05, 0.1) is 0 Å². The minimum atomic E-state index is -1.52. The Labute approximate surface area is 90.5 Å². The summed E-state index contributed by atoms with van der Waals surface area (Å²) < 4.78 is 10.8. The molecule has 0 heterocycles. The van der Waals surface area contributed by atoms with Crippen molar-refractivity contribution >= 4 is 16.6 Å². The van der Waals surface area contributed by atoms with Crippen molar-refractivity contribution < 1.29 is 27.7 Å². The average molecular weight is 198 g/mol. The second-order valence-corrected chi connectivity index (χ2v) is 12.1. The molecule has 0 fully saturated rings. The van der Waals surface area contributed by atoms with Gasteiger partial charge in [0.1, 0.15) is 0 Å². The third kappa shape index (κ3) is 6.47. The van der Waals surface area contributed by atoms with Gasteiger partial charge >= 0.3 is 18.9 Å². The molecule has 0 radical (unpaired) electrons. The van der Waals surface area contributed by atoms with Crippen LogP contribution in [0.3, 0.4) is 0 Å². The Bertz CT molecular complexity index is 115. The quantitative estimate of drug-likeness (QED) is 0.425. The Kier molecular flexibility index (Phi) is 7.24. The maximum absolute atomic E-state index is 5.41. The van der Waals surface area contributed by atoms with Crippen LogP contribution in [0.5, 0.6) is 0 Å². The summed E-state index contributed by atoms with van der Waals surface area (Å²) in [6.45, 7) is 8.73. The van der Waals surface area contributed by atoms with E-state index in [0.717, 1.165) is 0 Å². The molecule has 0 N–H and O–H groups in total. The molecule has 0 aromatic heterocycles. The molecular formula is C7H19LiO2Si2. The Morgan fingerprint density at radius 1 is 0.833 bits per heavy atom. The van der Waals surface area contributed by atoms with E-state index < -0.39 is 16.6 Å². The molecule has 0 spiro atoms. The maximum Gasteiger partial charge on any atom is 1.00 e. The molecule has 0 aliphatic carbocycles. The second-order valence-electron chi connectivity index (χ2n) is 3.76. The molecule has 0 saturated heterocycles. The summed E-state index contributed by atoms with van der Waals surface area (Å²) in [5, 5.41) is 0. The van der Waals surface area contributed by atoms with E-state index in [1.807, 2.05) is 0 Å². The number of hydrogen-bond acceptors (Lipinski definition) is 2. The first-order valence-electron chi connectivity index (χ1n) is 3.80. The molecule has 0 unspecified atom stereocenters. The van der Waals surface area contributed by atoms with Crippen LogP contribution in [0.4, 0.5) is 0 Å². The van der Waals surface area contributed by atoms with Gasteiger partial charge < -0.3 is 8.85 Å². The molecule has 5 heteroatoms. The zero-order chi connectivity index (χ0) is 9.12. The van der Waals surface area contributed by atoms with Crippen molar-refractivity contribution in [1.82, 2.24) is 0 Å². The van der Waals surface area contributed by atoms with Gasteiger partial charge in [-0.05, 0) is 0 Å². The zero-order valence-electron chi connectivity index (χ0n) is 9.39. The average Bonchev–Trinajstić information content (AvgIpc) is 1.86. The van der Waals surface area contributed by atoms with E-state index >= 15 is 0 Å². The number of hydrogen-bond donors (Lipinski definition) is 0. The SMILES string of the molecule is CO[Si](C)(C)[CH-][Si](C)(C)OC.[Li+]. The van der Waals surface area contributed by atoms with Crippen LogP contribution in [0.15, 0.2) is 0 Å². The molecule has 68 valence electrons. The predicted molar refractivity (Wildman–Crippen MR) is 53.3 cm³/mol. The first-order valence-corrected chi connectivity index (χ1v) is 9.77. The van der Waals surface area contributed by atoms with Gasteiger partial charge in [-0.3, -0.25) is 5.67 Å². The van der Waals surface area contributed by atoms with Crippen LogP contribution in [-0.4, -0.2) is 30.9 Å². The Morgan fingerprint density at radius 2 is 1.08 bits per heavy atom. The van der Waals surface area contributed by atoms with Crippen LogP contribution in [0.25, 0.3) is 0 Å². The van der Waals surface area contributed by atoms with Crippen molar-refractivity contribution in [3.8, 4) is 0 Å². The summed E-state index contributed by atoms with van der Waals surface area (Å²) in [5.41, 5.74) is 2.32. The topological polar surface area (TPSA) is 18.5 Å². The van der Waals surface area contributed by atoms with Gasteiger partial charge in [-0.1, -0.05) is 26.2 Å². The summed E-state index contributed by atoms with van der Waals surface area (Å²) in [4.78, 5) is 0. The van der Waals surface area contributed by atoms with Gasteiger partial charge in [-0.2, -0.15) is 0 Å². The van der Waals surface area contributed by atoms with Crippen LogP contribution in [-0.2, 0) is 8.85 Å². The van der Waals surface area contributed by atoms with Crippen molar-refractivity contribution in [3.63, 3.8) is 0 Å². The first-order chi connectivity index (χ1) is 4.83. The van der Waals surface area contributed by atoms with Crippen LogP contribution >= 0.6 is 0 Å². The van der Waals surface area contributed by atoms with Crippen LogP contribution < -0.4 is 18.9 Å². The smallest absolute Gasteiger partial charge is 0.452 e. The molecule has 0 amide bonds. The van der Waals surface area contributed by atoms with Gasteiger partial charge in [0.2, 0.25) is 0 Å². The molecule has 0 aromatic carbocycles. The van der Waals surface area contributed by atoms with E-state index in [1.165, 1.54) is 0 Å². The van der Waals surface area contributed by atoms with E-state index in [1.54, 1.807) is 14.2 Å². The Morgan fingerprint density at radius 3 is 1.25 bits per heavy atom. The van der Waals surface area contributed by atoms with Gasteiger partial charge in [-0.25, -0.2) is 0 Å². The Balaban J connectivity index is 0. The van der Waals surface area contributed by atoms with Crippen molar-refractivity contribution in [3.05, 3.63) is 5.67 Å². The first kappa shape index (κ1) is 15.4. The zero-order valence-corrected chi connectivity index (χ0v) is 11.4. The summed E-state index contributed by atoms with van der Waals surface area (Å²) in [6, 6.07) is 0. The largest absolute Gasteiger partial charge is 1.00 e. The molecule has 0 aliphatic heterocycles. The molecule has 0 aliphatic rings. The third-order valence-electron chi connectivity index (χ3n) is 1.75. The van der Waals surface area contributed by atoms with E-state index in [-0.39, 0.29) is 18.9 Å². The summed E-state index contributed by atoms with van der Waals surface area (Å²) >= 11 is 0. The van der Waals surface area contributed by atoms with Gasteiger partial charge in [-0.15, -0.1) is 0 Å². The monoisotopic (exact) mass is 198 g/mol. The van der Waals surface area contributed by atoms with Crippen LogP contribution in [0, 0.1) is 5.67 Å². The van der Waals surface area contributed by atoms with Gasteiger partial charge in [0, 0.05) is 30.9 Å². The minimum Gasteiger partial charge on any atom is -0.452 e. The van der Waals surface area contributed by atoms with E-state index in [4.69, 9.17) is 8.85 Å². The second kappa shape index (κ2) is 5.63. The molecule has 0 bridgehead atoms. The van der Waals surface area contributed by atoms with Crippen LogP contribution in [0.1, 0.15) is 0 Å². The normalized spacial score (nSPS) is 12.5. The molecular weight excluding hydrogens is 179 g/mol. The van der Waals surface area contributed by atoms with Crippen molar-refractivity contribution in [2.45, 2.75) is 26.2 Å². The summed E-state index contributed by atoms with van der Waals surface area (Å²) in [6.07, 6.45) is 0. The summed E-state index contributed by atoms with van der Waals surface area (Å²) in [5.74, 6) is 0. The summed E-state index contributed by atoms with van der Waals surface area (Å²) in [7, 11) is 0.517. The fourth-order valence-corrected chi connectivity index (χ4v) is 8.59. The van der Waals surface area contributed by atoms with E-state index in [2.05, 4.69) is 31.9 Å². The third-order valence-corrected chi connectivity index (χ3v) is 9.41. The van der Waals surface area contributed by atoms with E-state index in [0.29, 0.717) is 0 Å². The number of rotatable bonds is 4. The minimum absolute atomic E-state index is 0.